The summed E-state index contributed by atoms with van der Waals surface area (Å²) in [6.45, 7) is 16.0. The molecular formula is C16H42BY-2. The van der Waals surface area contributed by atoms with Crippen molar-refractivity contribution in [3.63, 3.8) is 0 Å². The maximum absolute atomic E-state index is 2.12. The monoisotopic (exact) mass is 335 g/mol. The molecule has 0 aromatic heterocycles. The Balaban J connectivity index is -0.00000000666. The summed E-state index contributed by atoms with van der Waals surface area (Å²) in [6, 6.07) is 0. The summed E-state index contributed by atoms with van der Waals surface area (Å²) in [7, 11) is 0. The Kier molecular flexibility index (Phi) is 531. The Bertz CT molecular complexity index is 74.8. The summed E-state index contributed by atoms with van der Waals surface area (Å²) < 4.78 is 0. The van der Waals surface area contributed by atoms with E-state index < -0.39 is 0 Å². The molecule has 0 bridgehead atoms. The molecule has 0 aromatic carbocycles. The van der Waals surface area contributed by atoms with Crippen LogP contribution in [0.2, 0.25) is 0 Å². The molecule has 0 heterocycles. The fraction of sp³-hybridized carbons (Fsp3) is 0.625. The Labute approximate surface area is 150 Å². The molecular weight excluding hydrogens is 292 g/mol. The quantitative estimate of drug-likeness (QED) is 0.330. The Morgan fingerprint density at radius 3 is 0.889 bits per heavy atom. The van der Waals surface area contributed by atoms with E-state index in [1.54, 1.807) is 0 Å². The Hall–Kier alpha value is 0.649. The van der Waals surface area contributed by atoms with Crippen molar-refractivity contribution in [3.05, 3.63) is 39.2 Å². The van der Waals surface area contributed by atoms with Crippen LogP contribution in [0.1, 0.15) is 70.7 Å². The smallest absolute Gasteiger partial charge is 0 e. The predicted octanol–water partition coefficient (Wildman–Crippen LogP) is 7.01. The minimum atomic E-state index is 0. The van der Waals surface area contributed by atoms with Crippen LogP contribution in [0.5, 0.6) is 0 Å². The molecule has 0 aromatic rings. The molecule has 0 saturated carbocycles. The van der Waals surface area contributed by atoms with E-state index in [1.165, 1.54) is 0 Å². The molecule has 0 unspecified atom stereocenters. The molecule has 2 heteroatoms. The molecule has 0 saturated heterocycles. The van der Waals surface area contributed by atoms with Gasteiger partial charge in [-0.3, -0.25) is 0 Å². The van der Waals surface area contributed by atoms with Crippen molar-refractivity contribution in [2.75, 3.05) is 0 Å². The van der Waals surface area contributed by atoms with Crippen LogP contribution >= 0.6 is 0 Å². The van der Waals surface area contributed by atoms with Gasteiger partial charge in [0.05, 0.1) is 0 Å². The molecule has 1 aliphatic carbocycles. The van der Waals surface area contributed by atoms with E-state index in [2.05, 4.69) is 24.3 Å². The molecule has 0 nitrogen and oxygen atoms in total. The predicted molar refractivity (Wildman–Crippen MR) is 95.7 cm³/mol. The van der Waals surface area contributed by atoms with Crippen molar-refractivity contribution < 1.29 is 34.1 Å². The number of hydrogen-bond donors (Lipinski definition) is 0. The second-order valence-electron chi connectivity index (χ2n) is 1.09. The van der Waals surface area contributed by atoms with Gasteiger partial charge in [-0.2, -0.15) is 0 Å². The van der Waals surface area contributed by atoms with Crippen molar-refractivity contribution in [1.82, 2.24) is 0 Å². The normalized spacial score (nSPS) is 6.22. The second kappa shape index (κ2) is 153. The third kappa shape index (κ3) is 128. The summed E-state index contributed by atoms with van der Waals surface area (Å²) in [4.78, 5) is 0. The van der Waals surface area contributed by atoms with Gasteiger partial charge in [0.15, 0.2) is 0 Å². The third-order valence-electron chi connectivity index (χ3n) is 0.655. The van der Waals surface area contributed by atoms with Gasteiger partial charge < -0.3 is 14.9 Å². The van der Waals surface area contributed by atoms with Crippen LogP contribution in [0.25, 0.3) is 0 Å². The van der Waals surface area contributed by atoms with Crippen molar-refractivity contribution in [3.8, 4) is 0 Å². The molecule has 1 aliphatic rings. The average molecular weight is 335 g/mol. The van der Waals surface area contributed by atoms with Crippen LogP contribution < -0.4 is 0 Å². The van der Waals surface area contributed by atoms with Crippen LogP contribution in [-0.4, -0.2) is 8.41 Å². The van der Waals surface area contributed by atoms with E-state index in [0.29, 0.717) is 0 Å². The molecule has 1 rings (SSSR count). The van der Waals surface area contributed by atoms with Crippen molar-refractivity contribution in [2.45, 2.75) is 69.2 Å². The standard InChI is InChI=1S/C5H6.4C2H6.CH4.2CH3.B.Y.H2/c1-2-4-5-3-1;4*1-2;;;;;;/h1-4H,5H2;4*1-2H3;1H4;2*1H3;;;1H/q;;;;;;2*-1;;;/i;;;;;;;;;;1+1. The van der Waals surface area contributed by atoms with E-state index in [0.717, 1.165) is 6.42 Å². The first-order valence-corrected chi connectivity index (χ1v) is 5.82. The molecule has 0 aliphatic heterocycles. The number of rotatable bonds is 0. The van der Waals surface area contributed by atoms with Crippen LogP contribution in [0.3, 0.4) is 0 Å². The van der Waals surface area contributed by atoms with Gasteiger partial charge in [-0.25, -0.2) is 0 Å². The van der Waals surface area contributed by atoms with Crippen molar-refractivity contribution in [2.24, 2.45) is 0 Å². The van der Waals surface area contributed by atoms with Crippen LogP contribution in [0.15, 0.2) is 24.3 Å². The minimum Gasteiger partial charge on any atom is -0.358 e. The molecule has 4 radical (unpaired) electrons. The van der Waals surface area contributed by atoms with E-state index in [-0.39, 0.29) is 64.8 Å². The fourth-order valence-corrected chi connectivity index (χ4v) is 0.393. The largest absolute Gasteiger partial charge is 0.358 e. The fourth-order valence-electron chi connectivity index (χ4n) is 0.393. The van der Waals surface area contributed by atoms with E-state index >= 15 is 0 Å². The van der Waals surface area contributed by atoms with Gasteiger partial charge in [-0.05, 0) is 6.42 Å². The summed E-state index contributed by atoms with van der Waals surface area (Å²) in [6.07, 6.45) is 9.50. The van der Waals surface area contributed by atoms with E-state index in [4.69, 9.17) is 0 Å². The first kappa shape index (κ1) is 62.4. The molecule has 0 fully saturated rings. The van der Waals surface area contributed by atoms with Crippen LogP contribution in [0, 0.1) is 14.9 Å². The van der Waals surface area contributed by atoms with Crippen LogP contribution in [0.4, 0.5) is 0 Å². The van der Waals surface area contributed by atoms with E-state index in [9.17, 15) is 0 Å². The summed E-state index contributed by atoms with van der Waals surface area (Å²) in [5, 5.41) is 0. The zero-order valence-corrected chi connectivity index (χ0v) is 17.0. The second-order valence-corrected chi connectivity index (χ2v) is 1.09. The molecule has 0 N–H and O–H groups in total. The average Bonchev–Trinajstić information content (AvgIpc) is 2.87. The van der Waals surface area contributed by atoms with Gasteiger partial charge in [0, 0.05) is 42.5 Å². The summed E-state index contributed by atoms with van der Waals surface area (Å²) in [5.41, 5.74) is 0. The summed E-state index contributed by atoms with van der Waals surface area (Å²) in [5.74, 6) is 0. The maximum atomic E-state index is 2.12. The minimum absolute atomic E-state index is 0. The molecule has 114 valence electrons. The number of hydrogen-bond acceptors (Lipinski definition) is 0. The van der Waals surface area contributed by atoms with Gasteiger partial charge in [0.1, 0.15) is 0 Å². The molecule has 0 atom stereocenters. The van der Waals surface area contributed by atoms with Gasteiger partial charge in [0.2, 0.25) is 0 Å². The summed E-state index contributed by atoms with van der Waals surface area (Å²) >= 11 is 0. The first-order chi connectivity index (χ1) is 6.50. The van der Waals surface area contributed by atoms with Crippen molar-refractivity contribution >= 4 is 8.41 Å². The Morgan fingerprint density at radius 1 is 0.667 bits per heavy atom. The van der Waals surface area contributed by atoms with Gasteiger partial charge in [-0.15, -0.1) is 0 Å². The topological polar surface area (TPSA) is 0 Å². The van der Waals surface area contributed by atoms with Gasteiger partial charge >= 0.3 is 0 Å². The Morgan fingerprint density at radius 2 is 0.833 bits per heavy atom. The van der Waals surface area contributed by atoms with Crippen LogP contribution in [-0.2, 0) is 32.7 Å². The van der Waals surface area contributed by atoms with Crippen molar-refractivity contribution in [1.29, 1.82) is 0 Å². The van der Waals surface area contributed by atoms with Gasteiger partial charge in [-0.1, -0.05) is 87.1 Å². The molecule has 0 amide bonds. The maximum Gasteiger partial charge on any atom is 0 e. The zero-order chi connectivity index (χ0) is 11.5. The molecule has 0 spiro atoms. The van der Waals surface area contributed by atoms with E-state index in [1.807, 2.05) is 55.4 Å². The zero-order valence-electron chi connectivity index (χ0n) is 14.2. The molecule has 18 heavy (non-hydrogen) atoms. The number of allylic oxidation sites excluding steroid dienone is 4. The SMILES string of the molecule is C.C1=CCC=C1.CC.CC.CC.CC.[2HH].[B].[CH3-].[CH3-].[Y]. The first-order valence-electron chi connectivity index (χ1n) is 5.82. The van der Waals surface area contributed by atoms with Gasteiger partial charge in [0.25, 0.3) is 0 Å². The third-order valence-corrected chi connectivity index (χ3v) is 0.655.